The molecule has 2 rings (SSSR count). The first-order chi connectivity index (χ1) is 9.30. The van der Waals surface area contributed by atoms with Crippen molar-refractivity contribution in [2.75, 3.05) is 25.0 Å². The molecule has 106 valence electrons. The molecule has 0 amide bonds. The molecule has 1 heterocycles. The highest BCUT2D eigenvalue weighted by Gasteiger charge is 2.22. The minimum atomic E-state index is 0.517. The van der Waals surface area contributed by atoms with Crippen LogP contribution in [0.1, 0.15) is 51.1 Å². The Hall–Kier alpha value is -1.02. The van der Waals surface area contributed by atoms with Crippen LogP contribution in [0.15, 0.2) is 24.3 Å². The van der Waals surface area contributed by atoms with Crippen molar-refractivity contribution in [2.24, 2.45) is 5.92 Å². The number of rotatable bonds is 5. The quantitative estimate of drug-likeness (QED) is 0.861. The largest absolute Gasteiger partial charge is 0.371 e. The van der Waals surface area contributed by atoms with Gasteiger partial charge in [0.05, 0.1) is 0 Å². The zero-order valence-electron chi connectivity index (χ0n) is 12.7. The van der Waals surface area contributed by atoms with Gasteiger partial charge in [-0.05, 0) is 37.4 Å². The van der Waals surface area contributed by atoms with Gasteiger partial charge >= 0.3 is 0 Å². The molecule has 0 bridgehead atoms. The van der Waals surface area contributed by atoms with Gasteiger partial charge in [0.2, 0.25) is 0 Å². The van der Waals surface area contributed by atoms with Crippen molar-refractivity contribution < 1.29 is 0 Å². The van der Waals surface area contributed by atoms with E-state index < -0.39 is 0 Å². The molecule has 0 spiro atoms. The number of anilines is 1. The van der Waals surface area contributed by atoms with Crippen LogP contribution in [0.5, 0.6) is 0 Å². The van der Waals surface area contributed by atoms with Gasteiger partial charge in [-0.15, -0.1) is 0 Å². The Kier molecular flexibility index (Phi) is 5.26. The zero-order chi connectivity index (χ0) is 13.7. The van der Waals surface area contributed by atoms with E-state index in [-0.39, 0.29) is 0 Å². The standard InChI is InChI=1S/C17H28N2/c1-4-14(5-2)13-19-12-8-10-16(18-3)15-9-6-7-11-17(15)19/h6-7,9,11,14,16,18H,4-5,8,10,12-13H2,1-3H3. The molecule has 1 aliphatic rings. The number of fused-ring (bicyclic) bond motifs is 1. The number of hydrogen-bond donors (Lipinski definition) is 1. The number of para-hydroxylation sites is 1. The van der Waals surface area contributed by atoms with Crippen LogP contribution in [0.3, 0.4) is 0 Å². The van der Waals surface area contributed by atoms with Gasteiger partial charge < -0.3 is 10.2 Å². The summed E-state index contributed by atoms with van der Waals surface area (Å²) in [4.78, 5) is 2.62. The molecule has 19 heavy (non-hydrogen) atoms. The van der Waals surface area contributed by atoms with Crippen molar-refractivity contribution in [3.05, 3.63) is 29.8 Å². The van der Waals surface area contributed by atoms with Crippen molar-refractivity contribution in [3.8, 4) is 0 Å². The number of nitrogens with one attached hydrogen (secondary N) is 1. The third kappa shape index (κ3) is 3.30. The lowest BCUT2D eigenvalue weighted by atomic mass is 10.0. The van der Waals surface area contributed by atoms with Crippen molar-refractivity contribution in [3.63, 3.8) is 0 Å². The molecule has 1 atom stereocenters. The van der Waals surface area contributed by atoms with Crippen LogP contribution in [0, 0.1) is 5.92 Å². The summed E-state index contributed by atoms with van der Waals surface area (Å²) >= 11 is 0. The Morgan fingerprint density at radius 3 is 2.68 bits per heavy atom. The molecule has 0 aromatic heterocycles. The average molecular weight is 260 g/mol. The second kappa shape index (κ2) is 6.95. The normalized spacial score (nSPS) is 19.4. The van der Waals surface area contributed by atoms with E-state index in [0.29, 0.717) is 6.04 Å². The minimum absolute atomic E-state index is 0.517. The van der Waals surface area contributed by atoms with Gasteiger partial charge in [-0.1, -0.05) is 44.9 Å². The molecule has 0 radical (unpaired) electrons. The highest BCUT2D eigenvalue weighted by atomic mass is 15.1. The Bertz CT molecular complexity index is 385. The summed E-state index contributed by atoms with van der Waals surface area (Å²) in [6, 6.07) is 9.46. The van der Waals surface area contributed by atoms with Gasteiger partial charge in [0, 0.05) is 24.8 Å². The lowest BCUT2D eigenvalue weighted by Crippen LogP contribution is -2.30. The molecule has 0 saturated heterocycles. The Balaban J connectivity index is 2.25. The SMILES string of the molecule is CCC(CC)CN1CCCC(NC)c2ccccc21. The van der Waals surface area contributed by atoms with Crippen LogP contribution in [0.25, 0.3) is 0 Å². The maximum Gasteiger partial charge on any atom is 0.0414 e. The van der Waals surface area contributed by atoms with Crippen molar-refractivity contribution in [1.29, 1.82) is 0 Å². The predicted octanol–water partition coefficient (Wildman–Crippen LogP) is 3.98. The van der Waals surface area contributed by atoms with E-state index in [1.165, 1.54) is 50.0 Å². The van der Waals surface area contributed by atoms with Crippen LogP contribution in [0.4, 0.5) is 5.69 Å². The van der Waals surface area contributed by atoms with Gasteiger partial charge in [0.25, 0.3) is 0 Å². The van der Waals surface area contributed by atoms with Gasteiger partial charge in [0.15, 0.2) is 0 Å². The maximum absolute atomic E-state index is 3.48. The summed E-state index contributed by atoms with van der Waals surface area (Å²) in [7, 11) is 2.08. The molecule has 0 aliphatic carbocycles. The van der Waals surface area contributed by atoms with Crippen molar-refractivity contribution in [2.45, 2.75) is 45.6 Å². The number of benzene rings is 1. The molecule has 1 N–H and O–H groups in total. The molecular formula is C17H28N2. The first kappa shape index (κ1) is 14.4. The zero-order valence-corrected chi connectivity index (χ0v) is 12.7. The monoisotopic (exact) mass is 260 g/mol. The molecule has 1 unspecified atom stereocenters. The second-order valence-corrected chi connectivity index (χ2v) is 5.67. The number of nitrogens with zero attached hydrogens (tertiary/aromatic N) is 1. The van der Waals surface area contributed by atoms with Crippen LogP contribution < -0.4 is 10.2 Å². The summed E-state index contributed by atoms with van der Waals surface area (Å²) in [6.07, 6.45) is 5.09. The van der Waals surface area contributed by atoms with Crippen molar-refractivity contribution >= 4 is 5.69 Å². The highest BCUT2D eigenvalue weighted by Crippen LogP contribution is 2.33. The predicted molar refractivity (Wildman–Crippen MR) is 83.8 cm³/mol. The van der Waals surface area contributed by atoms with Crippen LogP contribution in [0.2, 0.25) is 0 Å². The van der Waals surface area contributed by atoms with Gasteiger partial charge in [0.1, 0.15) is 0 Å². The second-order valence-electron chi connectivity index (χ2n) is 5.67. The molecule has 2 heteroatoms. The van der Waals surface area contributed by atoms with E-state index in [1.807, 2.05) is 0 Å². The summed E-state index contributed by atoms with van der Waals surface area (Å²) < 4.78 is 0. The Labute approximate surface area is 118 Å². The first-order valence-electron chi connectivity index (χ1n) is 7.81. The molecule has 0 fully saturated rings. The molecule has 0 saturated carbocycles. The Morgan fingerprint density at radius 1 is 1.26 bits per heavy atom. The fourth-order valence-corrected chi connectivity index (χ4v) is 3.18. The van der Waals surface area contributed by atoms with Crippen LogP contribution in [-0.2, 0) is 0 Å². The third-order valence-electron chi connectivity index (χ3n) is 4.56. The van der Waals surface area contributed by atoms with Gasteiger partial charge in [-0.3, -0.25) is 0 Å². The molecule has 1 aliphatic heterocycles. The van der Waals surface area contributed by atoms with Crippen molar-refractivity contribution in [1.82, 2.24) is 5.32 Å². The average Bonchev–Trinajstić information content (AvgIpc) is 2.64. The number of hydrogen-bond acceptors (Lipinski definition) is 2. The van der Waals surface area contributed by atoms with E-state index in [9.17, 15) is 0 Å². The first-order valence-corrected chi connectivity index (χ1v) is 7.81. The lowest BCUT2D eigenvalue weighted by Gasteiger charge is -2.29. The molecule has 1 aromatic rings. The molecular weight excluding hydrogens is 232 g/mol. The van der Waals surface area contributed by atoms with E-state index in [4.69, 9.17) is 0 Å². The van der Waals surface area contributed by atoms with E-state index >= 15 is 0 Å². The van der Waals surface area contributed by atoms with E-state index in [0.717, 1.165) is 5.92 Å². The maximum atomic E-state index is 3.48. The Morgan fingerprint density at radius 2 is 2.00 bits per heavy atom. The topological polar surface area (TPSA) is 15.3 Å². The highest BCUT2D eigenvalue weighted by molar-refractivity contribution is 5.55. The van der Waals surface area contributed by atoms with Crippen LogP contribution in [-0.4, -0.2) is 20.1 Å². The van der Waals surface area contributed by atoms with Crippen LogP contribution >= 0.6 is 0 Å². The lowest BCUT2D eigenvalue weighted by molar-refractivity contribution is 0.478. The molecule has 1 aromatic carbocycles. The summed E-state index contributed by atoms with van der Waals surface area (Å²) in [6.45, 7) is 7.04. The summed E-state index contributed by atoms with van der Waals surface area (Å²) in [5.74, 6) is 0.819. The smallest absolute Gasteiger partial charge is 0.0414 e. The third-order valence-corrected chi connectivity index (χ3v) is 4.56. The fourth-order valence-electron chi connectivity index (χ4n) is 3.18. The van der Waals surface area contributed by atoms with E-state index in [2.05, 4.69) is 55.4 Å². The van der Waals surface area contributed by atoms with Gasteiger partial charge in [-0.25, -0.2) is 0 Å². The fraction of sp³-hybridized carbons (Fsp3) is 0.647. The molecule has 2 nitrogen and oxygen atoms in total. The van der Waals surface area contributed by atoms with E-state index in [1.54, 1.807) is 0 Å². The summed E-state index contributed by atoms with van der Waals surface area (Å²) in [5.41, 5.74) is 2.93. The summed E-state index contributed by atoms with van der Waals surface area (Å²) in [5, 5.41) is 3.48. The minimum Gasteiger partial charge on any atom is -0.371 e. The van der Waals surface area contributed by atoms with Gasteiger partial charge in [-0.2, -0.15) is 0 Å².